The van der Waals surface area contributed by atoms with Gasteiger partial charge >= 0.3 is 6.09 Å². The number of aromatic nitrogens is 1. The third-order valence-corrected chi connectivity index (χ3v) is 6.36. The number of ether oxygens (including phenoxy) is 2. The van der Waals surface area contributed by atoms with Crippen molar-refractivity contribution in [1.29, 1.82) is 0 Å². The van der Waals surface area contributed by atoms with Crippen LogP contribution in [0.2, 0.25) is 0 Å². The van der Waals surface area contributed by atoms with Gasteiger partial charge in [0.1, 0.15) is 11.3 Å². The number of hydrogen-bond acceptors (Lipinski definition) is 7. The highest BCUT2D eigenvalue weighted by atomic mass is 16.6. The highest BCUT2D eigenvalue weighted by molar-refractivity contribution is 6.10. The number of imide groups is 1. The molecule has 1 aliphatic rings. The highest BCUT2D eigenvalue weighted by Crippen LogP contribution is 2.35. The summed E-state index contributed by atoms with van der Waals surface area (Å²) in [6, 6.07) is 10.1. The van der Waals surface area contributed by atoms with Crippen molar-refractivity contribution in [3.8, 4) is 0 Å². The molecular weight excluding hydrogens is 474 g/mol. The zero-order valence-corrected chi connectivity index (χ0v) is 22.0. The van der Waals surface area contributed by atoms with E-state index in [1.807, 2.05) is 39.0 Å². The molecule has 4 rings (SSSR count). The number of nitrogens with one attached hydrogen (secondary N) is 1. The predicted octanol–water partition coefficient (Wildman–Crippen LogP) is 4.71. The SMILES string of the molecule is CN(CCCOCCCc1ccc2c(ccc3onc(C4CCC(=O)NC4=O)c32)c1)C(=O)OC(C)(C)C. The molecule has 37 heavy (non-hydrogen) atoms. The number of amides is 3. The van der Waals surface area contributed by atoms with E-state index in [0.29, 0.717) is 43.9 Å². The van der Waals surface area contributed by atoms with E-state index in [2.05, 4.69) is 22.6 Å². The number of aryl methyl sites for hydroxylation is 1. The molecule has 1 atom stereocenters. The molecule has 0 radical (unpaired) electrons. The summed E-state index contributed by atoms with van der Waals surface area (Å²) in [4.78, 5) is 37.5. The van der Waals surface area contributed by atoms with Crippen LogP contribution >= 0.6 is 0 Å². The van der Waals surface area contributed by atoms with Crippen molar-refractivity contribution >= 4 is 39.6 Å². The van der Waals surface area contributed by atoms with Crippen molar-refractivity contribution in [2.75, 3.05) is 26.8 Å². The van der Waals surface area contributed by atoms with Gasteiger partial charge in [-0.05, 0) is 68.9 Å². The Bertz CT molecular complexity index is 1290. The van der Waals surface area contributed by atoms with E-state index in [0.717, 1.165) is 35.4 Å². The van der Waals surface area contributed by atoms with Crippen molar-refractivity contribution in [3.05, 3.63) is 41.6 Å². The van der Waals surface area contributed by atoms with E-state index in [-0.39, 0.29) is 17.9 Å². The fourth-order valence-corrected chi connectivity index (χ4v) is 4.51. The average Bonchev–Trinajstić information content (AvgIpc) is 3.26. The Morgan fingerprint density at radius 2 is 1.95 bits per heavy atom. The van der Waals surface area contributed by atoms with Crippen LogP contribution in [-0.4, -0.2) is 60.4 Å². The monoisotopic (exact) mass is 509 g/mol. The molecule has 1 N–H and O–H groups in total. The molecule has 2 aromatic carbocycles. The first-order valence-electron chi connectivity index (χ1n) is 12.8. The molecule has 0 bridgehead atoms. The molecule has 3 aromatic rings. The lowest BCUT2D eigenvalue weighted by molar-refractivity contribution is -0.134. The second-order valence-corrected chi connectivity index (χ2v) is 10.5. The van der Waals surface area contributed by atoms with E-state index < -0.39 is 11.5 Å². The van der Waals surface area contributed by atoms with Crippen LogP contribution in [0.3, 0.4) is 0 Å². The number of benzene rings is 2. The Balaban J connectivity index is 1.29. The van der Waals surface area contributed by atoms with Crippen molar-refractivity contribution < 1.29 is 28.4 Å². The number of fused-ring (bicyclic) bond motifs is 3. The van der Waals surface area contributed by atoms with Gasteiger partial charge in [-0.1, -0.05) is 29.4 Å². The molecule has 3 amide bonds. The van der Waals surface area contributed by atoms with E-state index in [9.17, 15) is 14.4 Å². The summed E-state index contributed by atoms with van der Waals surface area (Å²) in [6.45, 7) is 7.36. The molecule has 1 fully saturated rings. The van der Waals surface area contributed by atoms with Crippen LogP contribution in [0, 0.1) is 0 Å². The number of carbonyl (C=O) groups is 3. The van der Waals surface area contributed by atoms with Crippen LogP contribution in [0.15, 0.2) is 34.9 Å². The first-order valence-corrected chi connectivity index (χ1v) is 12.8. The molecule has 0 aliphatic carbocycles. The Morgan fingerprint density at radius 3 is 2.70 bits per heavy atom. The predicted molar refractivity (Wildman–Crippen MR) is 139 cm³/mol. The van der Waals surface area contributed by atoms with Crippen molar-refractivity contribution in [2.45, 2.75) is 64.4 Å². The van der Waals surface area contributed by atoms with Crippen molar-refractivity contribution in [2.24, 2.45) is 0 Å². The quantitative estimate of drug-likeness (QED) is 0.329. The molecule has 1 aromatic heterocycles. The van der Waals surface area contributed by atoms with Gasteiger partial charge in [0, 0.05) is 33.2 Å². The molecule has 0 saturated carbocycles. The number of carbonyl (C=O) groups excluding carboxylic acids is 3. The van der Waals surface area contributed by atoms with Gasteiger partial charge < -0.3 is 18.9 Å². The van der Waals surface area contributed by atoms with Gasteiger partial charge in [0.25, 0.3) is 0 Å². The zero-order valence-electron chi connectivity index (χ0n) is 22.0. The minimum atomic E-state index is -0.498. The van der Waals surface area contributed by atoms with E-state index in [4.69, 9.17) is 14.0 Å². The molecule has 198 valence electrons. The van der Waals surface area contributed by atoms with Gasteiger partial charge in [0.2, 0.25) is 11.8 Å². The standard InChI is InChI=1S/C28H35N3O6/c1-28(2,3)36-27(34)31(4)14-6-16-35-15-5-7-18-8-10-20-19(17-18)9-12-22-24(20)25(30-37-22)21-11-13-23(32)29-26(21)33/h8-10,12,17,21H,5-7,11,13-16H2,1-4H3,(H,29,32,33). The smallest absolute Gasteiger partial charge is 0.410 e. The molecule has 9 nitrogen and oxygen atoms in total. The molecule has 2 heterocycles. The van der Waals surface area contributed by atoms with Gasteiger partial charge in [-0.2, -0.15) is 0 Å². The largest absolute Gasteiger partial charge is 0.444 e. The normalized spacial score (nSPS) is 16.3. The third kappa shape index (κ3) is 6.65. The Morgan fingerprint density at radius 1 is 1.16 bits per heavy atom. The number of piperidine rings is 1. The molecule has 1 aliphatic heterocycles. The third-order valence-electron chi connectivity index (χ3n) is 6.36. The van der Waals surface area contributed by atoms with Crippen LogP contribution in [0.4, 0.5) is 4.79 Å². The number of rotatable bonds is 9. The Hall–Kier alpha value is -3.46. The molecule has 1 unspecified atom stereocenters. The van der Waals surface area contributed by atoms with Crippen molar-refractivity contribution in [3.63, 3.8) is 0 Å². The summed E-state index contributed by atoms with van der Waals surface area (Å²) in [5.41, 5.74) is 1.91. The van der Waals surface area contributed by atoms with Crippen LogP contribution in [0.1, 0.15) is 63.6 Å². The number of hydrogen-bond donors (Lipinski definition) is 1. The first kappa shape index (κ1) is 26.6. The van der Waals surface area contributed by atoms with E-state index >= 15 is 0 Å². The molecular formula is C28H35N3O6. The van der Waals surface area contributed by atoms with Gasteiger partial charge in [0.15, 0.2) is 5.58 Å². The zero-order chi connectivity index (χ0) is 26.6. The van der Waals surface area contributed by atoms with Crippen molar-refractivity contribution in [1.82, 2.24) is 15.4 Å². The first-order chi connectivity index (χ1) is 17.6. The molecule has 9 heteroatoms. The summed E-state index contributed by atoms with van der Waals surface area (Å²) in [6.07, 6.45) is 2.90. The number of nitrogens with zero attached hydrogens (tertiary/aromatic N) is 2. The van der Waals surface area contributed by atoms with Crippen LogP contribution in [0.5, 0.6) is 0 Å². The lowest BCUT2D eigenvalue weighted by Crippen LogP contribution is -2.39. The van der Waals surface area contributed by atoms with Gasteiger partial charge in [0.05, 0.1) is 11.3 Å². The lowest BCUT2D eigenvalue weighted by Gasteiger charge is -2.24. The summed E-state index contributed by atoms with van der Waals surface area (Å²) in [7, 11) is 1.73. The topological polar surface area (TPSA) is 111 Å². The van der Waals surface area contributed by atoms with Gasteiger partial charge in [-0.15, -0.1) is 0 Å². The maximum absolute atomic E-state index is 12.4. The van der Waals surface area contributed by atoms with Gasteiger partial charge in [-0.25, -0.2) is 4.79 Å². The maximum Gasteiger partial charge on any atom is 0.410 e. The van der Waals surface area contributed by atoms with E-state index in [1.54, 1.807) is 11.9 Å². The fourth-order valence-electron chi connectivity index (χ4n) is 4.51. The second kappa shape index (κ2) is 11.3. The fraction of sp³-hybridized carbons (Fsp3) is 0.500. The van der Waals surface area contributed by atoms with Crippen LogP contribution in [0.25, 0.3) is 21.7 Å². The second-order valence-electron chi connectivity index (χ2n) is 10.5. The van der Waals surface area contributed by atoms with Crippen LogP contribution < -0.4 is 5.32 Å². The van der Waals surface area contributed by atoms with E-state index in [1.165, 1.54) is 5.56 Å². The summed E-state index contributed by atoms with van der Waals surface area (Å²) < 4.78 is 16.6. The minimum Gasteiger partial charge on any atom is -0.444 e. The molecule has 1 saturated heterocycles. The van der Waals surface area contributed by atoms with Crippen LogP contribution in [-0.2, 0) is 25.5 Å². The minimum absolute atomic E-state index is 0.249. The highest BCUT2D eigenvalue weighted by Gasteiger charge is 2.32. The lowest BCUT2D eigenvalue weighted by atomic mass is 9.91. The summed E-state index contributed by atoms with van der Waals surface area (Å²) in [5.74, 6) is -1.07. The summed E-state index contributed by atoms with van der Waals surface area (Å²) >= 11 is 0. The maximum atomic E-state index is 12.4. The average molecular weight is 510 g/mol. The Kier molecular flexibility index (Phi) is 8.12. The van der Waals surface area contributed by atoms with Gasteiger partial charge in [-0.3, -0.25) is 14.9 Å². The molecule has 0 spiro atoms. The Labute approximate surface area is 216 Å². The summed E-state index contributed by atoms with van der Waals surface area (Å²) in [5, 5.41) is 9.46.